The maximum Gasteiger partial charge on any atom is 0.146 e. The summed E-state index contributed by atoms with van der Waals surface area (Å²) in [6.45, 7) is 1.75. The van der Waals surface area contributed by atoms with E-state index in [1.807, 2.05) is 0 Å². The topological polar surface area (TPSA) is 56.5 Å². The molecule has 1 heterocycles. The number of hydrogen-bond donors (Lipinski definition) is 2. The van der Waals surface area contributed by atoms with Gasteiger partial charge in [0, 0.05) is 25.8 Å². The number of anilines is 1. The highest BCUT2D eigenvalue weighted by Crippen LogP contribution is 2.29. The fourth-order valence-electron chi connectivity index (χ4n) is 2.16. The van der Waals surface area contributed by atoms with Crippen LogP contribution >= 0.6 is 0 Å². The Morgan fingerprint density at radius 1 is 1.44 bits per heavy atom. The second kappa shape index (κ2) is 5.54. The molecule has 0 aliphatic carbocycles. The Labute approximate surface area is 106 Å². The van der Waals surface area contributed by atoms with Crippen molar-refractivity contribution in [2.75, 3.05) is 32.2 Å². The molecule has 1 saturated heterocycles. The van der Waals surface area contributed by atoms with Crippen LogP contribution in [0.4, 0.5) is 10.1 Å². The third-order valence-corrected chi connectivity index (χ3v) is 3.41. The van der Waals surface area contributed by atoms with Crippen molar-refractivity contribution in [1.82, 2.24) is 0 Å². The molecule has 0 saturated carbocycles. The lowest BCUT2D eigenvalue weighted by Gasteiger charge is -2.38. The molecule has 100 valence electrons. The number of ether oxygens (including phenoxy) is 2. The summed E-state index contributed by atoms with van der Waals surface area (Å²) in [7, 11) is 1.56. The zero-order valence-corrected chi connectivity index (χ0v) is 10.5. The van der Waals surface area contributed by atoms with E-state index >= 15 is 0 Å². The third kappa shape index (κ3) is 2.73. The van der Waals surface area contributed by atoms with Crippen molar-refractivity contribution in [3.05, 3.63) is 24.0 Å². The Hall–Kier alpha value is -1.33. The van der Waals surface area contributed by atoms with Crippen molar-refractivity contribution < 1.29 is 13.9 Å². The van der Waals surface area contributed by atoms with Gasteiger partial charge in [-0.2, -0.15) is 0 Å². The minimum absolute atomic E-state index is 0.286. The number of hydrogen-bond acceptors (Lipinski definition) is 4. The molecule has 1 aromatic rings. The molecule has 5 heteroatoms. The molecule has 2 rings (SSSR count). The van der Waals surface area contributed by atoms with E-state index < -0.39 is 0 Å². The fourth-order valence-corrected chi connectivity index (χ4v) is 2.16. The van der Waals surface area contributed by atoms with Crippen LogP contribution in [0.25, 0.3) is 0 Å². The van der Waals surface area contributed by atoms with Crippen LogP contribution in [0.1, 0.15) is 12.8 Å². The van der Waals surface area contributed by atoms with Gasteiger partial charge in [-0.1, -0.05) is 0 Å². The first-order valence-corrected chi connectivity index (χ1v) is 6.09. The maximum absolute atomic E-state index is 13.8. The molecule has 4 nitrogen and oxygen atoms in total. The highest BCUT2D eigenvalue weighted by Gasteiger charge is 2.31. The van der Waals surface area contributed by atoms with E-state index in [-0.39, 0.29) is 11.4 Å². The van der Waals surface area contributed by atoms with Crippen LogP contribution in [-0.4, -0.2) is 32.4 Å². The second-order valence-corrected chi connectivity index (χ2v) is 4.57. The molecular formula is C13H19FN2O2. The summed E-state index contributed by atoms with van der Waals surface area (Å²) in [5.41, 5.74) is 5.98. The fraction of sp³-hybridized carbons (Fsp3) is 0.538. The first-order valence-electron chi connectivity index (χ1n) is 6.09. The quantitative estimate of drug-likeness (QED) is 0.859. The predicted molar refractivity (Wildman–Crippen MR) is 68.4 cm³/mol. The zero-order chi connectivity index (χ0) is 13.0. The molecule has 1 fully saturated rings. The lowest BCUT2D eigenvalue weighted by molar-refractivity contribution is 0.0627. The van der Waals surface area contributed by atoms with E-state index in [9.17, 15) is 4.39 Å². The van der Waals surface area contributed by atoms with Gasteiger partial charge in [0.25, 0.3) is 0 Å². The van der Waals surface area contributed by atoms with Crippen molar-refractivity contribution in [3.63, 3.8) is 0 Å². The van der Waals surface area contributed by atoms with Crippen molar-refractivity contribution >= 4 is 5.69 Å². The van der Waals surface area contributed by atoms with Gasteiger partial charge in [-0.05, 0) is 25.0 Å². The molecule has 0 radical (unpaired) electrons. The minimum atomic E-state index is -0.296. The summed E-state index contributed by atoms with van der Waals surface area (Å²) >= 11 is 0. The van der Waals surface area contributed by atoms with Crippen molar-refractivity contribution in [2.24, 2.45) is 5.73 Å². The molecule has 3 N–H and O–H groups in total. The Kier molecular flexibility index (Phi) is 4.04. The SMILES string of the molecule is COc1ccc(F)c(NC2(CN)CCOCC2)c1. The smallest absolute Gasteiger partial charge is 0.146 e. The van der Waals surface area contributed by atoms with Gasteiger partial charge >= 0.3 is 0 Å². The number of benzene rings is 1. The van der Waals surface area contributed by atoms with Crippen LogP contribution in [0.5, 0.6) is 5.75 Å². The van der Waals surface area contributed by atoms with E-state index in [2.05, 4.69) is 5.32 Å². The Balaban J connectivity index is 2.20. The summed E-state index contributed by atoms with van der Waals surface area (Å²) in [4.78, 5) is 0. The second-order valence-electron chi connectivity index (χ2n) is 4.57. The Bertz CT molecular complexity index is 406. The predicted octanol–water partition coefficient (Wildman–Crippen LogP) is 1.75. The highest BCUT2D eigenvalue weighted by molar-refractivity contribution is 5.51. The first-order chi connectivity index (χ1) is 8.69. The van der Waals surface area contributed by atoms with E-state index in [0.717, 1.165) is 12.8 Å². The van der Waals surface area contributed by atoms with Gasteiger partial charge in [0.2, 0.25) is 0 Å². The van der Waals surface area contributed by atoms with Gasteiger partial charge in [0.15, 0.2) is 0 Å². The normalized spacial score (nSPS) is 18.4. The maximum atomic E-state index is 13.8. The largest absolute Gasteiger partial charge is 0.497 e. The van der Waals surface area contributed by atoms with Gasteiger partial charge in [-0.25, -0.2) is 4.39 Å². The molecule has 1 aliphatic rings. The minimum Gasteiger partial charge on any atom is -0.497 e. The van der Waals surface area contributed by atoms with Crippen LogP contribution in [0.2, 0.25) is 0 Å². The molecule has 0 atom stereocenters. The Morgan fingerprint density at radius 2 is 2.17 bits per heavy atom. The standard InChI is InChI=1S/C13H19FN2O2/c1-17-10-2-3-11(14)12(8-10)16-13(9-15)4-6-18-7-5-13/h2-3,8,16H,4-7,9,15H2,1H3. The van der Waals surface area contributed by atoms with E-state index in [4.69, 9.17) is 15.2 Å². The van der Waals surface area contributed by atoms with Crippen molar-refractivity contribution in [1.29, 1.82) is 0 Å². The van der Waals surface area contributed by atoms with E-state index in [0.29, 0.717) is 31.2 Å². The summed E-state index contributed by atoms with van der Waals surface area (Å²) in [6, 6.07) is 4.65. The third-order valence-electron chi connectivity index (χ3n) is 3.41. The van der Waals surface area contributed by atoms with Gasteiger partial charge in [-0.15, -0.1) is 0 Å². The number of halogens is 1. The summed E-state index contributed by atoms with van der Waals surface area (Å²) < 4.78 is 24.2. The van der Waals surface area contributed by atoms with Crippen LogP contribution in [-0.2, 0) is 4.74 Å². The lowest BCUT2D eigenvalue weighted by Crippen LogP contribution is -2.49. The number of methoxy groups -OCH3 is 1. The number of nitrogens with one attached hydrogen (secondary N) is 1. The van der Waals surface area contributed by atoms with Gasteiger partial charge < -0.3 is 20.5 Å². The molecule has 0 spiro atoms. The first kappa shape index (κ1) is 13.1. The highest BCUT2D eigenvalue weighted by atomic mass is 19.1. The van der Waals surface area contributed by atoms with Gasteiger partial charge in [-0.3, -0.25) is 0 Å². The molecule has 0 aromatic heterocycles. The summed E-state index contributed by atoms with van der Waals surface area (Å²) in [6.07, 6.45) is 1.56. The Morgan fingerprint density at radius 3 is 2.78 bits per heavy atom. The summed E-state index contributed by atoms with van der Waals surface area (Å²) in [5, 5.41) is 3.23. The molecule has 0 amide bonds. The molecule has 1 aromatic carbocycles. The van der Waals surface area contributed by atoms with Crippen molar-refractivity contribution in [3.8, 4) is 5.75 Å². The van der Waals surface area contributed by atoms with E-state index in [1.54, 1.807) is 19.2 Å². The van der Waals surface area contributed by atoms with E-state index in [1.165, 1.54) is 6.07 Å². The van der Waals surface area contributed by atoms with Crippen molar-refractivity contribution in [2.45, 2.75) is 18.4 Å². The molecule has 0 unspecified atom stereocenters. The van der Waals surface area contributed by atoms with Crippen LogP contribution in [0, 0.1) is 5.82 Å². The van der Waals surface area contributed by atoms with Crippen LogP contribution < -0.4 is 15.8 Å². The molecular weight excluding hydrogens is 235 g/mol. The molecule has 1 aliphatic heterocycles. The average Bonchev–Trinajstić information content (AvgIpc) is 2.42. The number of nitrogens with two attached hydrogens (primary N) is 1. The van der Waals surface area contributed by atoms with Gasteiger partial charge in [0.05, 0.1) is 18.3 Å². The summed E-state index contributed by atoms with van der Waals surface area (Å²) in [5.74, 6) is 0.327. The van der Waals surface area contributed by atoms with Gasteiger partial charge in [0.1, 0.15) is 11.6 Å². The number of rotatable bonds is 4. The lowest BCUT2D eigenvalue weighted by atomic mass is 9.90. The zero-order valence-electron chi connectivity index (χ0n) is 10.5. The van der Waals surface area contributed by atoms with Crippen LogP contribution in [0.15, 0.2) is 18.2 Å². The molecule has 0 bridgehead atoms. The molecule has 18 heavy (non-hydrogen) atoms. The van der Waals surface area contributed by atoms with Crippen LogP contribution in [0.3, 0.4) is 0 Å². The monoisotopic (exact) mass is 254 g/mol. The average molecular weight is 254 g/mol.